The molecule has 0 heterocycles. The van der Waals surface area contributed by atoms with Crippen LogP contribution in [0.25, 0.3) is 0 Å². The number of hydrogen-bond donors (Lipinski definition) is 0. The van der Waals surface area contributed by atoms with Crippen LogP contribution in [0, 0.1) is 53.2 Å². The summed E-state index contributed by atoms with van der Waals surface area (Å²) in [5.74, 6) is 0. The first-order chi connectivity index (χ1) is 22.4. The zero-order chi connectivity index (χ0) is 35.7. The summed E-state index contributed by atoms with van der Waals surface area (Å²) >= 11 is 0. The van der Waals surface area contributed by atoms with Crippen molar-refractivity contribution in [3.8, 4) is 0 Å². The van der Waals surface area contributed by atoms with Crippen LogP contribution < -0.4 is 21.2 Å². The van der Waals surface area contributed by atoms with E-state index in [0.29, 0.717) is 0 Å². The van der Waals surface area contributed by atoms with Crippen molar-refractivity contribution in [2.45, 2.75) is 6.42 Å². The van der Waals surface area contributed by atoms with E-state index >= 15 is 0 Å². The molecular weight excluding hydrogens is 1010 g/mol. The normalized spacial score (nSPS) is 7.04. The Labute approximate surface area is 325 Å². The van der Waals surface area contributed by atoms with Gasteiger partial charge in [-0.2, -0.15) is 0 Å². The van der Waals surface area contributed by atoms with E-state index in [1.807, 2.05) is 0 Å². The zero-order valence-electron chi connectivity index (χ0n) is 24.9. The Bertz CT molecular complexity index is 1130. The van der Waals surface area contributed by atoms with E-state index < -0.39 is 0 Å². The molecule has 13 heteroatoms. The SMILES string of the molecule is [C-]#[O+].[C-]#[O+].[C-]#[O+].[C-]#[O+].[C-]#[O+].[C-]#[O+].[C-]#[O+].[C-]#[O+].[Pt].[Ru].[Ru].c1ccc(P(CCCP(c2ccccc2)c2ccccc2)c2ccccc2)cc1. The van der Waals surface area contributed by atoms with Crippen LogP contribution in [0.3, 0.4) is 0 Å². The molecule has 0 unspecified atom stereocenters. The fourth-order valence-electron chi connectivity index (χ4n) is 3.63. The maximum absolute atomic E-state index is 7.50. The fraction of sp³-hybridized carbons (Fsp3) is 0.0857. The molecule has 8 nitrogen and oxygen atoms in total. The molecule has 0 spiro atoms. The standard InChI is InChI=1S/C27H26P2.8CO.Pt.2Ru/c1-5-14-24(15-6-1)28(25-16-7-2-8-17-25)22-13-23-29(26-18-9-3-10-19-26)27-20-11-4-12-21-27;8*1-2;;;/h1-12,14-21H,13,22-23H2;;;;;;;;;;;. The van der Waals surface area contributed by atoms with Gasteiger partial charge >= 0.3 is 90.4 Å². The molecule has 0 aromatic heterocycles. The van der Waals surface area contributed by atoms with Gasteiger partial charge in [0.25, 0.3) is 0 Å². The molecule has 4 rings (SSSR count). The van der Waals surface area contributed by atoms with Crippen LogP contribution in [0.5, 0.6) is 0 Å². The van der Waals surface area contributed by atoms with Crippen molar-refractivity contribution in [1.29, 1.82) is 0 Å². The molecule has 4 aromatic rings. The smallest absolute Gasteiger partial charge is 0 e. The molecule has 0 N–H and O–H groups in total. The first-order valence-electron chi connectivity index (χ1n) is 11.8. The molecule has 48 heavy (non-hydrogen) atoms. The van der Waals surface area contributed by atoms with Gasteiger partial charge in [0.1, 0.15) is 0 Å². The summed E-state index contributed by atoms with van der Waals surface area (Å²) in [7, 11) is -0.618. The van der Waals surface area contributed by atoms with Crippen molar-refractivity contribution >= 4 is 37.1 Å². The van der Waals surface area contributed by atoms with E-state index in [0.717, 1.165) is 0 Å². The van der Waals surface area contributed by atoms with Gasteiger partial charge in [0, 0.05) is 60.0 Å². The molecule has 0 bridgehead atoms. The summed E-state index contributed by atoms with van der Waals surface area (Å²) in [5, 5.41) is 5.94. The minimum atomic E-state index is -0.309. The van der Waals surface area contributed by atoms with Gasteiger partial charge in [-0.3, -0.25) is 0 Å². The maximum Gasteiger partial charge on any atom is 0 e. The second-order valence-corrected chi connectivity index (χ2v) is 11.7. The molecule has 0 amide bonds. The Kier molecular flexibility index (Phi) is 76.0. The third-order valence-corrected chi connectivity index (χ3v) is 10.2. The Hall–Kier alpha value is -2.40. The van der Waals surface area contributed by atoms with E-state index in [-0.39, 0.29) is 75.9 Å². The van der Waals surface area contributed by atoms with Crippen molar-refractivity contribution < 1.29 is 97.2 Å². The van der Waals surface area contributed by atoms with Crippen LogP contribution in [0.2, 0.25) is 0 Å². The summed E-state index contributed by atoms with van der Waals surface area (Å²) in [6.07, 6.45) is 3.72. The average molecular weight is 1030 g/mol. The van der Waals surface area contributed by atoms with Crippen LogP contribution in [0.1, 0.15) is 6.42 Å². The predicted molar refractivity (Wildman–Crippen MR) is 164 cm³/mol. The van der Waals surface area contributed by atoms with Crippen LogP contribution in [0.15, 0.2) is 121 Å². The number of hydrogen-bond acceptors (Lipinski definition) is 0. The minimum Gasteiger partial charge on any atom is -0.0622 e. The summed E-state index contributed by atoms with van der Waals surface area (Å²) in [6, 6.07) is 44.3. The predicted octanol–water partition coefficient (Wildman–Crippen LogP) is 5.33. The fourth-order valence-corrected chi connectivity index (χ4v) is 8.59. The van der Waals surface area contributed by atoms with E-state index in [4.69, 9.17) is 37.2 Å². The van der Waals surface area contributed by atoms with Gasteiger partial charge < -0.3 is 0 Å². The van der Waals surface area contributed by atoms with Crippen molar-refractivity contribution in [2.24, 2.45) is 0 Å². The van der Waals surface area contributed by atoms with Crippen LogP contribution in [-0.4, -0.2) is 12.3 Å². The molecule has 0 aliphatic rings. The third-order valence-electron chi connectivity index (χ3n) is 5.03. The molecule has 0 aliphatic heterocycles. The molecule has 0 fully saturated rings. The Morgan fingerprint density at radius 2 is 0.458 bits per heavy atom. The van der Waals surface area contributed by atoms with E-state index in [1.54, 1.807) is 0 Å². The summed E-state index contributed by atoms with van der Waals surface area (Å²) in [6.45, 7) is 36.0. The topological polar surface area (TPSA) is 159 Å². The minimum absolute atomic E-state index is 0. The second kappa shape index (κ2) is 56.9. The van der Waals surface area contributed by atoms with Gasteiger partial charge in [-0.25, -0.2) is 0 Å². The van der Waals surface area contributed by atoms with Gasteiger partial charge in [0.15, 0.2) is 0 Å². The molecule has 0 saturated heterocycles. The van der Waals surface area contributed by atoms with E-state index in [1.165, 1.54) is 40.0 Å². The van der Waals surface area contributed by atoms with E-state index in [2.05, 4.69) is 175 Å². The third kappa shape index (κ3) is 29.7. The Balaban J connectivity index is -0.000000124. The monoisotopic (exact) mass is 1030 g/mol. The van der Waals surface area contributed by atoms with Gasteiger partial charge in [0.2, 0.25) is 0 Å². The largest absolute Gasteiger partial charge is 0.0622 e. The van der Waals surface area contributed by atoms with Gasteiger partial charge in [-0.1, -0.05) is 121 Å². The Morgan fingerprint density at radius 3 is 0.604 bits per heavy atom. The quantitative estimate of drug-likeness (QED) is 0.0968. The van der Waals surface area contributed by atoms with Crippen molar-refractivity contribution in [3.05, 3.63) is 175 Å². The molecule has 250 valence electrons. The summed E-state index contributed by atoms with van der Waals surface area (Å²) in [4.78, 5) is 0. The van der Waals surface area contributed by atoms with Gasteiger partial charge in [0.05, 0.1) is 0 Å². The van der Waals surface area contributed by atoms with Crippen molar-refractivity contribution in [1.82, 2.24) is 0 Å². The molecule has 0 atom stereocenters. The summed E-state index contributed by atoms with van der Waals surface area (Å²) < 4.78 is 60.0. The molecule has 0 saturated carbocycles. The molecule has 4 aromatic carbocycles. The average Bonchev–Trinajstić information content (AvgIpc) is 3.19. The van der Waals surface area contributed by atoms with Crippen LogP contribution in [-0.2, 0) is 97.2 Å². The van der Waals surface area contributed by atoms with Gasteiger partial charge in [-0.05, 0) is 55.8 Å². The van der Waals surface area contributed by atoms with Crippen LogP contribution in [0.4, 0.5) is 0 Å². The van der Waals surface area contributed by atoms with Crippen molar-refractivity contribution in [3.63, 3.8) is 0 Å². The molecular formula is C35H26O8P2PtRu2. The summed E-state index contributed by atoms with van der Waals surface area (Å²) in [5.41, 5.74) is 0. The van der Waals surface area contributed by atoms with Crippen LogP contribution >= 0.6 is 15.8 Å². The Morgan fingerprint density at radius 1 is 0.312 bits per heavy atom. The van der Waals surface area contributed by atoms with Crippen molar-refractivity contribution in [2.75, 3.05) is 12.3 Å². The zero-order valence-corrected chi connectivity index (χ0v) is 32.4. The second-order valence-electron chi connectivity index (χ2n) is 7.00. The van der Waals surface area contributed by atoms with E-state index in [9.17, 15) is 0 Å². The number of rotatable bonds is 8. The maximum atomic E-state index is 7.50. The number of benzene rings is 4. The molecule has 0 radical (unpaired) electrons. The molecule has 0 aliphatic carbocycles. The first kappa shape index (κ1) is 64.2. The first-order valence-corrected chi connectivity index (χ1v) is 14.9. The van der Waals surface area contributed by atoms with Gasteiger partial charge in [-0.15, -0.1) is 0 Å².